The number of nitrogens with one attached hydrogen (secondary N) is 1. The molecule has 30 heavy (non-hydrogen) atoms. The first kappa shape index (κ1) is 18.4. The number of carbonyl (C=O) groups is 1. The highest BCUT2D eigenvalue weighted by Gasteiger charge is 2.24. The number of nitrogens with zero attached hydrogens (tertiary/aromatic N) is 4. The van der Waals surface area contributed by atoms with Crippen LogP contribution >= 0.6 is 0 Å². The number of fused-ring (bicyclic) bond motifs is 2. The zero-order valence-corrected chi connectivity index (χ0v) is 17.3. The third kappa shape index (κ3) is 3.22. The van der Waals surface area contributed by atoms with Gasteiger partial charge in [-0.05, 0) is 55.3 Å². The van der Waals surface area contributed by atoms with E-state index in [0.29, 0.717) is 25.4 Å². The molecule has 1 aliphatic rings. The highest BCUT2D eigenvalue weighted by molar-refractivity contribution is 5.92. The fraction of sp³-hybridized carbons (Fsp3) is 0.261. The normalized spacial score (nSPS) is 13.8. The van der Waals surface area contributed by atoms with Gasteiger partial charge in [0.05, 0.1) is 23.3 Å². The number of hydrogen-bond donors (Lipinski definition) is 1. The first-order valence-corrected chi connectivity index (χ1v) is 10.0. The van der Waals surface area contributed by atoms with E-state index in [9.17, 15) is 4.79 Å². The topological polar surface area (TPSA) is 76.0 Å². The van der Waals surface area contributed by atoms with E-state index in [1.54, 1.807) is 11.7 Å². The zero-order valence-electron chi connectivity index (χ0n) is 17.3. The molecule has 0 saturated heterocycles. The third-order valence-electron chi connectivity index (χ3n) is 5.48. The number of imidazole rings is 1. The molecule has 0 unspecified atom stereocenters. The van der Waals surface area contributed by atoms with Crippen LogP contribution in [-0.2, 0) is 13.6 Å². The van der Waals surface area contributed by atoms with Crippen LogP contribution in [0.15, 0.2) is 42.5 Å². The molecule has 152 valence electrons. The van der Waals surface area contributed by atoms with Gasteiger partial charge >= 0.3 is 0 Å². The van der Waals surface area contributed by atoms with Crippen LogP contribution in [0.2, 0.25) is 0 Å². The van der Waals surface area contributed by atoms with Gasteiger partial charge in [0.15, 0.2) is 0 Å². The summed E-state index contributed by atoms with van der Waals surface area (Å²) in [6, 6.07) is 14.2. The number of aromatic amines is 1. The van der Waals surface area contributed by atoms with Gasteiger partial charge in [0, 0.05) is 19.2 Å². The molecule has 2 aromatic heterocycles. The van der Waals surface area contributed by atoms with E-state index in [-0.39, 0.29) is 5.91 Å². The summed E-state index contributed by atoms with van der Waals surface area (Å²) in [5.41, 5.74) is 6.57. The van der Waals surface area contributed by atoms with Crippen molar-refractivity contribution in [2.75, 3.05) is 13.2 Å². The van der Waals surface area contributed by atoms with Crippen LogP contribution in [0, 0.1) is 13.8 Å². The molecular weight excluding hydrogens is 378 g/mol. The van der Waals surface area contributed by atoms with Crippen molar-refractivity contribution in [3.05, 3.63) is 65.2 Å². The monoisotopic (exact) mass is 401 g/mol. The van der Waals surface area contributed by atoms with E-state index in [0.717, 1.165) is 45.0 Å². The van der Waals surface area contributed by atoms with Gasteiger partial charge in [0.25, 0.3) is 5.91 Å². The Bertz CT molecular complexity index is 1270. The molecular formula is C23H23N5O2. The Hall–Kier alpha value is -3.61. The quantitative estimate of drug-likeness (QED) is 0.557. The number of H-pyrrole nitrogens is 1. The van der Waals surface area contributed by atoms with Crippen molar-refractivity contribution >= 4 is 16.9 Å². The second-order valence-corrected chi connectivity index (χ2v) is 7.75. The summed E-state index contributed by atoms with van der Waals surface area (Å²) in [7, 11) is 1.80. The van der Waals surface area contributed by atoms with Crippen molar-refractivity contribution in [3.8, 4) is 16.9 Å². The van der Waals surface area contributed by atoms with Crippen molar-refractivity contribution < 1.29 is 9.53 Å². The van der Waals surface area contributed by atoms with Gasteiger partial charge in [-0.15, -0.1) is 0 Å². The highest BCUT2D eigenvalue weighted by Crippen LogP contribution is 2.31. The Balaban J connectivity index is 1.48. The maximum absolute atomic E-state index is 13.1. The van der Waals surface area contributed by atoms with Crippen molar-refractivity contribution in [2.45, 2.75) is 20.4 Å². The second-order valence-electron chi connectivity index (χ2n) is 7.75. The minimum Gasteiger partial charge on any atom is -0.491 e. The van der Waals surface area contributed by atoms with E-state index in [1.165, 1.54) is 0 Å². The Morgan fingerprint density at radius 1 is 1.10 bits per heavy atom. The summed E-state index contributed by atoms with van der Waals surface area (Å²) in [5, 5.41) is 4.30. The van der Waals surface area contributed by atoms with Gasteiger partial charge < -0.3 is 14.6 Å². The minimum atomic E-state index is -0.0330. The summed E-state index contributed by atoms with van der Waals surface area (Å²) in [4.78, 5) is 22.7. The summed E-state index contributed by atoms with van der Waals surface area (Å²) < 4.78 is 7.57. The van der Waals surface area contributed by atoms with Gasteiger partial charge in [0.1, 0.15) is 23.9 Å². The van der Waals surface area contributed by atoms with Crippen molar-refractivity contribution in [1.29, 1.82) is 0 Å². The average Bonchev–Trinajstić information content (AvgIpc) is 3.18. The molecule has 1 amide bonds. The lowest BCUT2D eigenvalue weighted by Crippen LogP contribution is -2.33. The van der Waals surface area contributed by atoms with E-state index in [2.05, 4.69) is 39.3 Å². The average molecular weight is 401 g/mol. The number of amides is 1. The Labute approximate surface area is 174 Å². The smallest absolute Gasteiger partial charge is 0.272 e. The number of aryl methyl sites for hydroxylation is 3. The Kier molecular flexibility index (Phi) is 4.31. The molecule has 5 rings (SSSR count). The highest BCUT2D eigenvalue weighted by atomic mass is 16.5. The number of aromatic nitrogens is 4. The molecule has 4 aromatic rings. The molecule has 1 aliphatic heterocycles. The van der Waals surface area contributed by atoms with Crippen LogP contribution in [0.1, 0.15) is 27.6 Å². The maximum atomic E-state index is 13.1. The predicted octanol–water partition coefficient (Wildman–Crippen LogP) is 3.62. The van der Waals surface area contributed by atoms with Crippen molar-refractivity contribution in [2.24, 2.45) is 7.05 Å². The van der Waals surface area contributed by atoms with Crippen LogP contribution in [-0.4, -0.2) is 43.7 Å². The molecule has 0 fully saturated rings. The van der Waals surface area contributed by atoms with E-state index in [4.69, 9.17) is 4.74 Å². The van der Waals surface area contributed by atoms with Gasteiger partial charge in [-0.2, -0.15) is 5.10 Å². The summed E-state index contributed by atoms with van der Waals surface area (Å²) in [5.74, 6) is 1.69. The summed E-state index contributed by atoms with van der Waals surface area (Å²) in [6.45, 7) is 5.34. The van der Waals surface area contributed by atoms with Crippen LogP contribution in [0.25, 0.3) is 22.2 Å². The van der Waals surface area contributed by atoms with Gasteiger partial charge in [-0.1, -0.05) is 12.1 Å². The number of ether oxygens (including phenoxy) is 1. The first-order chi connectivity index (χ1) is 14.5. The maximum Gasteiger partial charge on any atom is 0.272 e. The lowest BCUT2D eigenvalue weighted by molar-refractivity contribution is 0.0722. The molecule has 0 saturated carbocycles. The molecule has 0 atom stereocenters. The minimum absolute atomic E-state index is 0.0330. The first-order valence-electron chi connectivity index (χ1n) is 10.0. The number of hydrogen-bond acceptors (Lipinski definition) is 4. The summed E-state index contributed by atoms with van der Waals surface area (Å²) in [6.07, 6.45) is 0. The lowest BCUT2D eigenvalue weighted by atomic mass is 10.0. The molecule has 0 radical (unpaired) electrons. The van der Waals surface area contributed by atoms with Crippen molar-refractivity contribution in [1.82, 2.24) is 24.6 Å². The standard InChI is InChI=1S/C23H23N5O2/c1-14-10-21(27(3)26-14)23(29)28-8-9-30-22-7-5-16(11-18(22)13-28)17-4-6-19-20(12-17)25-15(2)24-19/h4-7,10-12H,8-9,13H2,1-3H3,(H,24,25). The molecule has 7 nitrogen and oxygen atoms in total. The molecule has 3 heterocycles. The molecule has 1 N–H and O–H groups in total. The molecule has 7 heteroatoms. The molecule has 0 bridgehead atoms. The Morgan fingerprint density at radius 3 is 2.70 bits per heavy atom. The fourth-order valence-electron chi connectivity index (χ4n) is 4.04. The lowest BCUT2D eigenvalue weighted by Gasteiger charge is -2.20. The number of rotatable bonds is 2. The van der Waals surface area contributed by atoms with E-state index >= 15 is 0 Å². The van der Waals surface area contributed by atoms with E-state index in [1.807, 2.05) is 36.9 Å². The fourth-order valence-corrected chi connectivity index (χ4v) is 4.04. The van der Waals surface area contributed by atoms with Crippen molar-refractivity contribution in [3.63, 3.8) is 0 Å². The predicted molar refractivity (Wildman–Crippen MR) is 114 cm³/mol. The summed E-state index contributed by atoms with van der Waals surface area (Å²) >= 11 is 0. The van der Waals surface area contributed by atoms with E-state index < -0.39 is 0 Å². The molecule has 0 spiro atoms. The van der Waals surface area contributed by atoms with Crippen LogP contribution in [0.3, 0.4) is 0 Å². The number of carbonyl (C=O) groups excluding carboxylic acids is 1. The van der Waals surface area contributed by atoms with Gasteiger partial charge in [-0.3, -0.25) is 9.48 Å². The van der Waals surface area contributed by atoms with Crippen LogP contribution < -0.4 is 4.74 Å². The third-order valence-corrected chi connectivity index (χ3v) is 5.48. The molecule has 0 aliphatic carbocycles. The largest absolute Gasteiger partial charge is 0.491 e. The van der Waals surface area contributed by atoms with Crippen LogP contribution in [0.5, 0.6) is 5.75 Å². The molecule has 2 aromatic carbocycles. The Morgan fingerprint density at radius 2 is 1.90 bits per heavy atom. The second kappa shape index (κ2) is 7.02. The van der Waals surface area contributed by atoms with Gasteiger partial charge in [-0.25, -0.2) is 4.98 Å². The van der Waals surface area contributed by atoms with Gasteiger partial charge in [0.2, 0.25) is 0 Å². The zero-order chi connectivity index (χ0) is 20.8. The SMILES string of the molecule is Cc1cc(C(=O)N2CCOc3ccc(-c4ccc5nc(C)[nH]c5c4)cc3C2)n(C)n1. The number of benzene rings is 2. The van der Waals surface area contributed by atoms with Crippen LogP contribution in [0.4, 0.5) is 0 Å².